The number of hydrogen-bond donors (Lipinski definition) is 0. The summed E-state index contributed by atoms with van der Waals surface area (Å²) in [5, 5.41) is 0. The van der Waals surface area contributed by atoms with Gasteiger partial charge < -0.3 is 0 Å². The second-order valence-electron chi connectivity index (χ2n) is 3.41. The summed E-state index contributed by atoms with van der Waals surface area (Å²) >= 11 is 0. The molecule has 0 fully saturated rings. The van der Waals surface area contributed by atoms with Crippen LogP contribution in [-0.2, 0) is 12.8 Å². The molecule has 0 saturated heterocycles. The maximum atomic E-state index is 4.40. The van der Waals surface area contributed by atoms with Crippen molar-refractivity contribution in [2.24, 2.45) is 0 Å². The molecule has 0 aromatic carbocycles. The molecule has 62 valence electrons. The number of pyridine rings is 1. The minimum atomic E-state index is 1.08. The molecule has 0 bridgehead atoms. The third-order valence-electron chi connectivity index (χ3n) is 2.32. The summed E-state index contributed by atoms with van der Waals surface area (Å²) in [4.78, 5) is 4.40. The number of aryl methyl sites for hydroxylation is 1. The van der Waals surface area contributed by atoms with Gasteiger partial charge in [-0.1, -0.05) is 18.6 Å². The molecule has 1 nitrogen and oxygen atoms in total. The first-order valence-corrected chi connectivity index (χ1v) is 4.44. The molecule has 0 saturated carbocycles. The molecule has 0 radical (unpaired) electrons. The van der Waals surface area contributed by atoms with Crippen LogP contribution in [0, 0.1) is 0 Å². The van der Waals surface area contributed by atoms with Crippen molar-refractivity contribution in [3.8, 4) is 0 Å². The van der Waals surface area contributed by atoms with E-state index < -0.39 is 0 Å². The fourth-order valence-corrected chi connectivity index (χ4v) is 1.62. The molecule has 1 aliphatic rings. The van der Waals surface area contributed by atoms with E-state index in [0.717, 1.165) is 12.8 Å². The smallest absolute Gasteiger partial charge is 0.0664 e. The summed E-state index contributed by atoms with van der Waals surface area (Å²) in [6, 6.07) is 2.27. The number of aromatic nitrogens is 1. The van der Waals surface area contributed by atoms with E-state index in [1.54, 1.807) is 0 Å². The molecule has 1 aromatic heterocycles. The zero-order chi connectivity index (χ0) is 8.55. The predicted octanol–water partition coefficient (Wildman–Crippen LogP) is 2.60. The summed E-state index contributed by atoms with van der Waals surface area (Å²) in [7, 11) is 0. The van der Waals surface area contributed by atoms with Gasteiger partial charge in [-0.05, 0) is 37.0 Å². The van der Waals surface area contributed by atoms with Gasteiger partial charge >= 0.3 is 0 Å². The minimum Gasteiger partial charge on any atom is -0.256 e. The van der Waals surface area contributed by atoms with Crippen molar-refractivity contribution in [2.45, 2.75) is 26.7 Å². The summed E-state index contributed by atoms with van der Waals surface area (Å²) in [6.07, 6.45) is 6.33. The van der Waals surface area contributed by atoms with Crippen molar-refractivity contribution in [1.82, 2.24) is 4.98 Å². The lowest BCUT2D eigenvalue weighted by Gasteiger charge is -2.00. The summed E-state index contributed by atoms with van der Waals surface area (Å²) in [5.74, 6) is 0. The van der Waals surface area contributed by atoms with E-state index in [1.807, 2.05) is 6.20 Å². The second kappa shape index (κ2) is 2.74. The normalized spacial score (nSPS) is 14.3. The molecule has 1 aliphatic carbocycles. The molecule has 1 heteroatoms. The van der Waals surface area contributed by atoms with E-state index in [1.165, 1.54) is 22.4 Å². The highest BCUT2D eigenvalue weighted by Gasteiger charge is 2.10. The van der Waals surface area contributed by atoms with E-state index in [-0.39, 0.29) is 0 Å². The average molecular weight is 159 g/mol. The fraction of sp³-hybridized carbons (Fsp3) is 0.364. The van der Waals surface area contributed by atoms with Gasteiger partial charge in [-0.2, -0.15) is 0 Å². The molecule has 12 heavy (non-hydrogen) atoms. The van der Waals surface area contributed by atoms with E-state index >= 15 is 0 Å². The predicted molar refractivity (Wildman–Crippen MR) is 51.0 cm³/mol. The SMILES string of the molecule is CCc1cnc2c(c1)CC(C)=C2. The Morgan fingerprint density at radius 1 is 1.50 bits per heavy atom. The fourth-order valence-electron chi connectivity index (χ4n) is 1.62. The van der Waals surface area contributed by atoms with Crippen LogP contribution >= 0.6 is 0 Å². The highest BCUT2D eigenvalue weighted by molar-refractivity contribution is 5.60. The van der Waals surface area contributed by atoms with Crippen LogP contribution in [0.3, 0.4) is 0 Å². The van der Waals surface area contributed by atoms with Gasteiger partial charge in [-0.15, -0.1) is 0 Å². The van der Waals surface area contributed by atoms with Crippen molar-refractivity contribution in [1.29, 1.82) is 0 Å². The number of rotatable bonds is 1. The van der Waals surface area contributed by atoms with Crippen LogP contribution in [-0.4, -0.2) is 4.98 Å². The van der Waals surface area contributed by atoms with Crippen molar-refractivity contribution in [3.63, 3.8) is 0 Å². The Morgan fingerprint density at radius 2 is 2.33 bits per heavy atom. The Labute approximate surface area is 73.1 Å². The molecular weight excluding hydrogens is 146 g/mol. The van der Waals surface area contributed by atoms with Crippen LogP contribution in [0.4, 0.5) is 0 Å². The van der Waals surface area contributed by atoms with Crippen LogP contribution in [0.2, 0.25) is 0 Å². The first kappa shape index (κ1) is 7.53. The van der Waals surface area contributed by atoms with Crippen LogP contribution < -0.4 is 0 Å². The summed E-state index contributed by atoms with van der Waals surface area (Å²) in [6.45, 7) is 4.33. The van der Waals surface area contributed by atoms with E-state index in [2.05, 4.69) is 31.0 Å². The number of allylic oxidation sites excluding steroid dienone is 1. The maximum Gasteiger partial charge on any atom is 0.0664 e. The van der Waals surface area contributed by atoms with E-state index in [0.29, 0.717) is 0 Å². The highest BCUT2D eigenvalue weighted by atomic mass is 14.7. The third-order valence-corrected chi connectivity index (χ3v) is 2.32. The molecule has 0 aliphatic heterocycles. The van der Waals surface area contributed by atoms with E-state index in [9.17, 15) is 0 Å². The Hall–Kier alpha value is -1.11. The lowest BCUT2D eigenvalue weighted by atomic mass is 10.1. The molecule has 1 aromatic rings. The van der Waals surface area contributed by atoms with Gasteiger partial charge in [0.15, 0.2) is 0 Å². The molecule has 0 atom stereocenters. The molecule has 0 unspecified atom stereocenters. The molecular formula is C11H13N. The molecule has 0 spiro atoms. The Bertz CT molecular complexity index is 337. The lowest BCUT2D eigenvalue weighted by molar-refractivity contribution is 1.07. The van der Waals surface area contributed by atoms with Crippen molar-refractivity contribution in [3.05, 3.63) is 34.7 Å². The third kappa shape index (κ3) is 1.15. The van der Waals surface area contributed by atoms with Crippen LogP contribution in [0.5, 0.6) is 0 Å². The minimum absolute atomic E-state index is 1.08. The lowest BCUT2D eigenvalue weighted by Crippen LogP contribution is -1.90. The average Bonchev–Trinajstić information content (AvgIpc) is 2.43. The Morgan fingerprint density at radius 3 is 3.08 bits per heavy atom. The van der Waals surface area contributed by atoms with Gasteiger partial charge in [-0.3, -0.25) is 4.98 Å². The maximum absolute atomic E-state index is 4.40. The van der Waals surface area contributed by atoms with Gasteiger partial charge in [0.05, 0.1) is 5.69 Å². The molecule has 1 heterocycles. The summed E-state index contributed by atoms with van der Waals surface area (Å²) < 4.78 is 0. The van der Waals surface area contributed by atoms with Gasteiger partial charge in [0, 0.05) is 6.20 Å². The van der Waals surface area contributed by atoms with Crippen LogP contribution in [0.1, 0.15) is 30.7 Å². The number of hydrogen-bond acceptors (Lipinski definition) is 1. The van der Waals surface area contributed by atoms with Crippen molar-refractivity contribution < 1.29 is 0 Å². The number of nitrogens with zero attached hydrogens (tertiary/aromatic N) is 1. The zero-order valence-electron chi connectivity index (χ0n) is 7.59. The van der Waals surface area contributed by atoms with Gasteiger partial charge in [-0.25, -0.2) is 0 Å². The monoisotopic (exact) mass is 159 g/mol. The Kier molecular flexibility index (Phi) is 1.72. The zero-order valence-corrected chi connectivity index (χ0v) is 7.59. The first-order valence-electron chi connectivity index (χ1n) is 4.44. The van der Waals surface area contributed by atoms with Gasteiger partial charge in [0.25, 0.3) is 0 Å². The number of fused-ring (bicyclic) bond motifs is 1. The Balaban J connectivity index is 2.42. The van der Waals surface area contributed by atoms with Crippen LogP contribution in [0.15, 0.2) is 17.8 Å². The topological polar surface area (TPSA) is 12.9 Å². The molecule has 0 N–H and O–H groups in total. The highest BCUT2D eigenvalue weighted by Crippen LogP contribution is 2.23. The quantitative estimate of drug-likeness (QED) is 0.613. The van der Waals surface area contributed by atoms with Gasteiger partial charge in [0.1, 0.15) is 0 Å². The largest absolute Gasteiger partial charge is 0.256 e. The molecule has 0 amide bonds. The van der Waals surface area contributed by atoms with E-state index in [4.69, 9.17) is 0 Å². The first-order chi connectivity index (χ1) is 5.79. The van der Waals surface area contributed by atoms with Crippen molar-refractivity contribution in [2.75, 3.05) is 0 Å². The van der Waals surface area contributed by atoms with Gasteiger partial charge in [0.2, 0.25) is 0 Å². The van der Waals surface area contributed by atoms with Crippen LogP contribution in [0.25, 0.3) is 6.08 Å². The standard InChI is InChI=1S/C11H13N/c1-3-9-6-10-4-8(2)5-11(10)12-7-9/h5-7H,3-4H2,1-2H3. The van der Waals surface area contributed by atoms with Crippen molar-refractivity contribution >= 4 is 6.08 Å². The second-order valence-corrected chi connectivity index (χ2v) is 3.41. The molecule has 2 rings (SSSR count). The summed E-state index contributed by atoms with van der Waals surface area (Å²) in [5.41, 5.74) is 5.33.